The molecule has 1 saturated heterocycles. The molecule has 0 spiro atoms. The molecule has 1 atom stereocenters. The number of nitrogens with two attached hydrogens (primary N) is 1. The van der Waals surface area contributed by atoms with Crippen molar-refractivity contribution in [3.63, 3.8) is 0 Å². The lowest BCUT2D eigenvalue weighted by atomic mass is 9.81. The molecule has 1 aliphatic heterocycles. The predicted molar refractivity (Wildman–Crippen MR) is 96.5 cm³/mol. The van der Waals surface area contributed by atoms with Crippen molar-refractivity contribution in [1.29, 1.82) is 0 Å². The Bertz CT molecular complexity index is 755. The van der Waals surface area contributed by atoms with Gasteiger partial charge in [-0.2, -0.15) is 17.0 Å². The zero-order valence-corrected chi connectivity index (χ0v) is 16.3. The molecule has 146 valence electrons. The maximum absolute atomic E-state index is 12.4. The van der Waals surface area contributed by atoms with Crippen molar-refractivity contribution in [2.75, 3.05) is 27.2 Å². The standard InChI is InChI=1S/C17H28N4O4S/c1-20(2)26(23,24)21-9-8-17(12-21,16(18)22)11-14-10-15(19-25-14)13-6-4-3-5-7-13/h10,13H,3-9,11-12H2,1-2H3,(H2,18,22). The molecule has 1 saturated carbocycles. The van der Waals surface area contributed by atoms with Gasteiger partial charge in [-0.15, -0.1) is 0 Å². The van der Waals surface area contributed by atoms with E-state index in [1.165, 1.54) is 37.7 Å². The average Bonchev–Trinajstić information content (AvgIpc) is 3.24. The van der Waals surface area contributed by atoms with Gasteiger partial charge in [0.1, 0.15) is 5.76 Å². The van der Waals surface area contributed by atoms with Crippen LogP contribution in [-0.4, -0.2) is 55.3 Å². The molecule has 3 rings (SSSR count). The molecular formula is C17H28N4O4S. The van der Waals surface area contributed by atoms with Gasteiger partial charge in [0, 0.05) is 45.6 Å². The van der Waals surface area contributed by atoms with E-state index >= 15 is 0 Å². The summed E-state index contributed by atoms with van der Waals surface area (Å²) >= 11 is 0. The van der Waals surface area contributed by atoms with Crippen molar-refractivity contribution in [3.05, 3.63) is 17.5 Å². The quantitative estimate of drug-likeness (QED) is 0.794. The molecule has 8 nitrogen and oxygen atoms in total. The van der Waals surface area contributed by atoms with E-state index in [9.17, 15) is 13.2 Å². The summed E-state index contributed by atoms with van der Waals surface area (Å²) in [5.74, 6) is 0.526. The van der Waals surface area contributed by atoms with Gasteiger partial charge in [0.05, 0.1) is 11.1 Å². The minimum absolute atomic E-state index is 0.0717. The van der Waals surface area contributed by atoms with Crippen LogP contribution in [0.5, 0.6) is 0 Å². The summed E-state index contributed by atoms with van der Waals surface area (Å²) in [7, 11) is -0.615. The Morgan fingerprint density at radius 3 is 2.69 bits per heavy atom. The molecule has 0 bridgehead atoms. The number of primary amides is 1. The second-order valence-electron chi connectivity index (χ2n) is 7.75. The summed E-state index contributed by atoms with van der Waals surface area (Å²) in [6, 6.07) is 1.92. The van der Waals surface area contributed by atoms with Gasteiger partial charge < -0.3 is 10.3 Å². The summed E-state index contributed by atoms with van der Waals surface area (Å²) in [6.07, 6.45) is 6.56. The van der Waals surface area contributed by atoms with Crippen LogP contribution >= 0.6 is 0 Å². The highest BCUT2D eigenvalue weighted by Crippen LogP contribution is 2.37. The monoisotopic (exact) mass is 384 g/mol. The van der Waals surface area contributed by atoms with Gasteiger partial charge in [-0.3, -0.25) is 4.79 Å². The van der Waals surface area contributed by atoms with E-state index in [2.05, 4.69) is 5.16 Å². The molecule has 1 amide bonds. The highest BCUT2D eigenvalue weighted by atomic mass is 32.2. The van der Waals surface area contributed by atoms with Gasteiger partial charge in [-0.1, -0.05) is 24.4 Å². The fourth-order valence-corrected chi connectivity index (χ4v) is 5.23. The molecule has 0 aromatic carbocycles. The second kappa shape index (κ2) is 7.28. The number of hydrogen-bond donors (Lipinski definition) is 1. The Hall–Kier alpha value is -1.45. The summed E-state index contributed by atoms with van der Waals surface area (Å²) in [5.41, 5.74) is 5.66. The number of carbonyl (C=O) groups is 1. The van der Waals surface area contributed by atoms with Crippen molar-refractivity contribution in [2.24, 2.45) is 11.1 Å². The van der Waals surface area contributed by atoms with Crippen LogP contribution < -0.4 is 5.73 Å². The first-order valence-corrected chi connectivity index (χ1v) is 10.6. The third-order valence-corrected chi connectivity index (χ3v) is 7.63. The van der Waals surface area contributed by atoms with Gasteiger partial charge in [-0.05, 0) is 19.3 Å². The molecule has 1 aliphatic carbocycles. The van der Waals surface area contributed by atoms with Gasteiger partial charge >= 0.3 is 0 Å². The maximum atomic E-state index is 12.4. The first-order valence-electron chi connectivity index (χ1n) is 9.18. The summed E-state index contributed by atoms with van der Waals surface area (Å²) < 4.78 is 32.7. The van der Waals surface area contributed by atoms with Crippen LogP contribution in [0.15, 0.2) is 10.6 Å². The van der Waals surface area contributed by atoms with Crippen molar-refractivity contribution in [3.8, 4) is 0 Å². The summed E-state index contributed by atoms with van der Waals surface area (Å²) in [4.78, 5) is 12.2. The molecule has 2 N–H and O–H groups in total. The van der Waals surface area contributed by atoms with Crippen molar-refractivity contribution in [1.82, 2.24) is 13.8 Å². The van der Waals surface area contributed by atoms with Crippen LogP contribution in [0.25, 0.3) is 0 Å². The molecule has 26 heavy (non-hydrogen) atoms. The predicted octanol–water partition coefficient (Wildman–Crippen LogP) is 1.25. The molecule has 1 aromatic rings. The number of amides is 1. The highest BCUT2D eigenvalue weighted by Gasteiger charge is 2.48. The zero-order valence-electron chi connectivity index (χ0n) is 15.5. The minimum atomic E-state index is -3.57. The van der Waals surface area contributed by atoms with E-state index in [0.717, 1.165) is 22.8 Å². The minimum Gasteiger partial charge on any atom is -0.369 e. The van der Waals surface area contributed by atoms with E-state index in [1.807, 2.05) is 6.07 Å². The van der Waals surface area contributed by atoms with E-state index in [0.29, 0.717) is 18.1 Å². The number of carbonyl (C=O) groups excluding carboxylic acids is 1. The zero-order chi connectivity index (χ0) is 18.9. The Morgan fingerprint density at radius 1 is 1.38 bits per heavy atom. The fraction of sp³-hybridized carbons (Fsp3) is 0.765. The smallest absolute Gasteiger partial charge is 0.281 e. The van der Waals surface area contributed by atoms with Crippen LogP contribution in [0.1, 0.15) is 55.9 Å². The molecular weight excluding hydrogens is 356 g/mol. The van der Waals surface area contributed by atoms with Crippen LogP contribution in [0.3, 0.4) is 0 Å². The van der Waals surface area contributed by atoms with E-state index in [-0.39, 0.29) is 19.5 Å². The second-order valence-corrected chi connectivity index (χ2v) is 9.89. The molecule has 1 aromatic heterocycles. The van der Waals surface area contributed by atoms with Crippen LogP contribution in [0, 0.1) is 5.41 Å². The van der Waals surface area contributed by atoms with Gasteiger partial charge in [-0.25, -0.2) is 0 Å². The van der Waals surface area contributed by atoms with Gasteiger partial charge in [0.2, 0.25) is 5.91 Å². The molecule has 0 radical (unpaired) electrons. The SMILES string of the molecule is CN(C)S(=O)(=O)N1CCC(Cc2cc(C3CCCCC3)no2)(C(N)=O)C1. The van der Waals surface area contributed by atoms with Crippen molar-refractivity contribution in [2.45, 2.75) is 50.9 Å². The largest absolute Gasteiger partial charge is 0.369 e. The lowest BCUT2D eigenvalue weighted by Gasteiger charge is -2.26. The number of rotatable bonds is 6. The maximum Gasteiger partial charge on any atom is 0.281 e. The number of hydrogen-bond acceptors (Lipinski definition) is 5. The topological polar surface area (TPSA) is 110 Å². The molecule has 2 heterocycles. The lowest BCUT2D eigenvalue weighted by molar-refractivity contribution is -0.127. The lowest BCUT2D eigenvalue weighted by Crippen LogP contribution is -2.44. The summed E-state index contributed by atoms with van der Waals surface area (Å²) in [5, 5.41) is 4.20. The molecule has 9 heteroatoms. The van der Waals surface area contributed by atoms with Crippen LogP contribution in [-0.2, 0) is 21.4 Å². The first kappa shape index (κ1) is 19.3. The first-order chi connectivity index (χ1) is 12.2. The Labute approximate surface area is 154 Å². The number of aromatic nitrogens is 1. The molecule has 2 aliphatic rings. The van der Waals surface area contributed by atoms with E-state index in [4.69, 9.17) is 10.3 Å². The van der Waals surface area contributed by atoms with Gasteiger partial charge in [0.25, 0.3) is 10.2 Å². The Kier molecular flexibility index (Phi) is 5.41. The third-order valence-electron chi connectivity index (χ3n) is 5.74. The Morgan fingerprint density at radius 2 is 2.08 bits per heavy atom. The third kappa shape index (κ3) is 3.65. The molecule has 2 fully saturated rings. The summed E-state index contributed by atoms with van der Waals surface area (Å²) in [6.45, 7) is 0.343. The average molecular weight is 385 g/mol. The Balaban J connectivity index is 1.76. The van der Waals surface area contributed by atoms with Gasteiger partial charge in [0.15, 0.2) is 0 Å². The fourth-order valence-electron chi connectivity index (χ4n) is 4.03. The number of nitrogens with zero attached hydrogens (tertiary/aromatic N) is 3. The normalized spacial score (nSPS) is 25.8. The van der Waals surface area contributed by atoms with E-state index < -0.39 is 21.5 Å². The van der Waals surface area contributed by atoms with Crippen LogP contribution in [0.4, 0.5) is 0 Å². The highest BCUT2D eigenvalue weighted by molar-refractivity contribution is 7.86. The van der Waals surface area contributed by atoms with E-state index in [1.54, 1.807) is 0 Å². The molecule has 1 unspecified atom stereocenters. The van der Waals surface area contributed by atoms with Crippen LogP contribution in [0.2, 0.25) is 0 Å². The van der Waals surface area contributed by atoms with Crippen molar-refractivity contribution < 1.29 is 17.7 Å². The van der Waals surface area contributed by atoms with Crippen molar-refractivity contribution >= 4 is 16.1 Å².